The van der Waals surface area contributed by atoms with E-state index in [1.807, 2.05) is 42.5 Å². The van der Waals surface area contributed by atoms with Crippen molar-refractivity contribution >= 4 is 11.8 Å². The second-order valence-electron chi connectivity index (χ2n) is 7.08. The highest BCUT2D eigenvalue weighted by molar-refractivity contribution is 5.89. The lowest BCUT2D eigenvalue weighted by Crippen LogP contribution is -2.32. The summed E-state index contributed by atoms with van der Waals surface area (Å²) < 4.78 is 1.74. The molecule has 0 aliphatic carbocycles. The zero-order chi connectivity index (χ0) is 20.1. The van der Waals surface area contributed by atoms with Crippen LogP contribution in [0.5, 0.6) is 0 Å². The summed E-state index contributed by atoms with van der Waals surface area (Å²) in [6.45, 7) is 1.85. The Kier molecular flexibility index (Phi) is 5.60. The van der Waals surface area contributed by atoms with Crippen LogP contribution in [-0.2, 0) is 29.2 Å². The number of nitrogens with zero attached hydrogens (tertiary/aromatic N) is 5. The molecule has 1 aliphatic rings. The van der Waals surface area contributed by atoms with E-state index in [2.05, 4.69) is 20.4 Å². The zero-order valence-electron chi connectivity index (χ0n) is 15.9. The number of carbonyl (C=O) groups is 2. The Balaban J connectivity index is 1.34. The first kappa shape index (κ1) is 18.8. The second kappa shape index (κ2) is 8.64. The molecule has 4 rings (SSSR count). The van der Waals surface area contributed by atoms with Crippen molar-refractivity contribution in [3.63, 3.8) is 0 Å². The van der Waals surface area contributed by atoms with Crippen LogP contribution >= 0.6 is 0 Å². The van der Waals surface area contributed by atoms with E-state index < -0.39 is 0 Å². The van der Waals surface area contributed by atoms with Crippen LogP contribution in [0.4, 0.5) is 0 Å². The van der Waals surface area contributed by atoms with Crippen molar-refractivity contribution in [2.45, 2.75) is 26.1 Å². The van der Waals surface area contributed by atoms with Gasteiger partial charge in [0.25, 0.3) is 0 Å². The van der Waals surface area contributed by atoms with Gasteiger partial charge >= 0.3 is 0 Å². The molecule has 8 heteroatoms. The Labute approximate surface area is 168 Å². The molecular formula is C21H22N6O2. The van der Waals surface area contributed by atoms with Crippen LogP contribution in [0.3, 0.4) is 0 Å². The molecule has 3 heterocycles. The van der Waals surface area contributed by atoms with Crippen molar-refractivity contribution in [3.05, 3.63) is 78.1 Å². The van der Waals surface area contributed by atoms with Gasteiger partial charge in [0.05, 0.1) is 24.7 Å². The lowest BCUT2D eigenvalue weighted by molar-refractivity contribution is -0.129. The van der Waals surface area contributed by atoms with E-state index in [-0.39, 0.29) is 24.2 Å². The minimum atomic E-state index is -0.339. The number of aromatic nitrogens is 4. The summed E-state index contributed by atoms with van der Waals surface area (Å²) in [6, 6.07) is 13.5. The number of amides is 2. The Morgan fingerprint density at radius 2 is 1.93 bits per heavy atom. The molecule has 1 aliphatic heterocycles. The van der Waals surface area contributed by atoms with Crippen LogP contribution in [0, 0.1) is 5.92 Å². The summed E-state index contributed by atoms with van der Waals surface area (Å²) in [5.41, 5.74) is 2.91. The zero-order valence-corrected chi connectivity index (χ0v) is 15.9. The molecule has 1 atom stereocenters. The molecule has 0 bridgehead atoms. The van der Waals surface area contributed by atoms with Crippen molar-refractivity contribution in [3.8, 4) is 0 Å². The average Bonchev–Trinajstić information content (AvgIpc) is 3.38. The van der Waals surface area contributed by atoms with E-state index in [4.69, 9.17) is 0 Å². The number of pyridine rings is 1. The monoisotopic (exact) mass is 390 g/mol. The number of carbonyl (C=O) groups excluding carboxylic acids is 2. The molecule has 1 N–H and O–H groups in total. The molecular weight excluding hydrogens is 368 g/mol. The first-order valence-electron chi connectivity index (χ1n) is 9.53. The molecule has 0 spiro atoms. The molecule has 2 aromatic heterocycles. The first-order chi connectivity index (χ1) is 14.2. The predicted octanol–water partition coefficient (Wildman–Crippen LogP) is 1.39. The number of rotatable bonds is 7. The SMILES string of the molecule is O=C(NCc1ccccc1Cn1cncn1)C1CC(=O)N(Cc2ccccn2)C1. The maximum atomic E-state index is 12.7. The van der Waals surface area contributed by atoms with Crippen LogP contribution < -0.4 is 5.32 Å². The third-order valence-corrected chi connectivity index (χ3v) is 5.03. The highest BCUT2D eigenvalue weighted by Crippen LogP contribution is 2.20. The number of hydrogen-bond acceptors (Lipinski definition) is 5. The van der Waals surface area contributed by atoms with Crippen molar-refractivity contribution < 1.29 is 9.59 Å². The molecule has 29 heavy (non-hydrogen) atoms. The lowest BCUT2D eigenvalue weighted by atomic mass is 10.1. The van der Waals surface area contributed by atoms with E-state index in [1.165, 1.54) is 6.33 Å². The average molecular weight is 390 g/mol. The van der Waals surface area contributed by atoms with E-state index in [9.17, 15) is 9.59 Å². The topological polar surface area (TPSA) is 93.0 Å². The summed E-state index contributed by atoms with van der Waals surface area (Å²) in [5.74, 6) is -0.450. The maximum Gasteiger partial charge on any atom is 0.225 e. The van der Waals surface area contributed by atoms with Crippen molar-refractivity contribution in [1.29, 1.82) is 0 Å². The Morgan fingerprint density at radius 1 is 1.10 bits per heavy atom. The maximum absolute atomic E-state index is 12.7. The second-order valence-corrected chi connectivity index (χ2v) is 7.08. The van der Waals surface area contributed by atoms with Crippen LogP contribution in [-0.4, -0.2) is 43.0 Å². The molecule has 2 amide bonds. The Hall–Kier alpha value is -3.55. The van der Waals surface area contributed by atoms with E-state index in [1.54, 1.807) is 22.1 Å². The summed E-state index contributed by atoms with van der Waals surface area (Å²) in [7, 11) is 0. The van der Waals surface area contributed by atoms with Gasteiger partial charge in [0, 0.05) is 25.7 Å². The predicted molar refractivity (Wildman–Crippen MR) is 105 cm³/mol. The fourth-order valence-electron chi connectivity index (χ4n) is 3.49. The Morgan fingerprint density at radius 3 is 2.69 bits per heavy atom. The quantitative estimate of drug-likeness (QED) is 0.658. The van der Waals surface area contributed by atoms with E-state index >= 15 is 0 Å². The normalized spacial score (nSPS) is 16.2. The van der Waals surface area contributed by atoms with Gasteiger partial charge in [-0.2, -0.15) is 5.10 Å². The molecule has 1 aromatic carbocycles. The van der Waals surface area contributed by atoms with Crippen molar-refractivity contribution in [1.82, 2.24) is 30.0 Å². The van der Waals surface area contributed by atoms with Gasteiger partial charge in [-0.3, -0.25) is 14.6 Å². The molecule has 148 valence electrons. The molecule has 8 nitrogen and oxygen atoms in total. The number of hydrogen-bond donors (Lipinski definition) is 1. The van der Waals surface area contributed by atoms with Gasteiger partial charge < -0.3 is 10.2 Å². The third-order valence-electron chi connectivity index (χ3n) is 5.03. The highest BCUT2D eigenvalue weighted by atomic mass is 16.2. The molecule has 0 radical (unpaired) electrons. The van der Waals surface area contributed by atoms with Crippen LogP contribution in [0.1, 0.15) is 23.2 Å². The summed E-state index contributed by atoms with van der Waals surface area (Å²) in [4.78, 5) is 34.9. The number of benzene rings is 1. The van der Waals surface area contributed by atoms with Crippen LogP contribution in [0.15, 0.2) is 61.3 Å². The lowest BCUT2D eigenvalue weighted by Gasteiger charge is -2.16. The number of nitrogens with one attached hydrogen (secondary N) is 1. The first-order valence-corrected chi connectivity index (χ1v) is 9.53. The summed E-state index contributed by atoms with van der Waals surface area (Å²) >= 11 is 0. The van der Waals surface area contributed by atoms with Gasteiger partial charge in [0.15, 0.2) is 0 Å². The van der Waals surface area contributed by atoms with Crippen LogP contribution in [0.2, 0.25) is 0 Å². The summed E-state index contributed by atoms with van der Waals surface area (Å²) in [5, 5.41) is 7.12. The minimum Gasteiger partial charge on any atom is -0.352 e. The minimum absolute atomic E-state index is 0.0117. The largest absolute Gasteiger partial charge is 0.352 e. The van der Waals surface area contributed by atoms with Gasteiger partial charge in [-0.05, 0) is 23.3 Å². The summed E-state index contributed by atoms with van der Waals surface area (Å²) in [6.07, 6.45) is 5.10. The third kappa shape index (κ3) is 4.66. The van der Waals surface area contributed by atoms with Crippen LogP contribution in [0.25, 0.3) is 0 Å². The van der Waals surface area contributed by atoms with Gasteiger partial charge in [-0.15, -0.1) is 0 Å². The fraction of sp³-hybridized carbons (Fsp3) is 0.286. The van der Waals surface area contributed by atoms with Gasteiger partial charge in [-0.25, -0.2) is 9.67 Å². The van der Waals surface area contributed by atoms with Gasteiger partial charge in [0.1, 0.15) is 12.7 Å². The molecule has 1 saturated heterocycles. The molecule has 1 unspecified atom stereocenters. The van der Waals surface area contributed by atoms with Gasteiger partial charge in [0.2, 0.25) is 11.8 Å². The van der Waals surface area contributed by atoms with E-state index in [0.717, 1.165) is 16.8 Å². The number of likely N-dealkylation sites (tertiary alicyclic amines) is 1. The standard InChI is InChI=1S/C21H22N6O2/c28-20-9-18(11-26(20)13-19-7-3-4-8-23-19)21(29)24-10-16-5-1-2-6-17(16)12-27-15-22-14-25-27/h1-8,14-15,18H,9-13H2,(H,24,29). The molecule has 0 saturated carbocycles. The van der Waals surface area contributed by atoms with E-state index in [0.29, 0.717) is 26.2 Å². The molecule has 3 aromatic rings. The van der Waals surface area contributed by atoms with Crippen molar-refractivity contribution in [2.75, 3.05) is 6.54 Å². The van der Waals surface area contributed by atoms with Crippen molar-refractivity contribution in [2.24, 2.45) is 5.92 Å². The fourth-order valence-corrected chi connectivity index (χ4v) is 3.49. The smallest absolute Gasteiger partial charge is 0.225 e. The highest BCUT2D eigenvalue weighted by Gasteiger charge is 2.34. The molecule has 1 fully saturated rings. The van der Waals surface area contributed by atoms with Gasteiger partial charge in [-0.1, -0.05) is 30.3 Å². The Bertz CT molecular complexity index is 974.